The third-order valence-electron chi connectivity index (χ3n) is 5.99. The number of aromatic nitrogens is 4. The van der Waals surface area contributed by atoms with E-state index in [1.165, 1.54) is 50.9 Å². The van der Waals surface area contributed by atoms with Gasteiger partial charge in [0.2, 0.25) is 19.7 Å². The normalized spacial score (nSPS) is 11.8. The van der Waals surface area contributed by atoms with Gasteiger partial charge in [-0.15, -0.1) is 0 Å². The molecule has 0 fully saturated rings. The lowest BCUT2D eigenvalue weighted by Gasteiger charge is -2.09. The molecule has 38 heavy (non-hydrogen) atoms. The summed E-state index contributed by atoms with van der Waals surface area (Å²) in [5, 5.41) is 13.0. The Bertz CT molecular complexity index is 1660. The zero-order valence-electron chi connectivity index (χ0n) is 20.2. The minimum Gasteiger partial charge on any atom is -0.497 e. The highest BCUT2D eigenvalue weighted by Gasteiger charge is 2.26. The summed E-state index contributed by atoms with van der Waals surface area (Å²) >= 11 is 0. The molecule has 194 valence electrons. The molecule has 0 spiro atoms. The Kier molecular flexibility index (Phi) is 6.51. The van der Waals surface area contributed by atoms with Gasteiger partial charge < -0.3 is 9.47 Å². The van der Waals surface area contributed by atoms with Gasteiger partial charge in [0.15, 0.2) is 10.1 Å². The second kappa shape index (κ2) is 9.80. The number of methoxy groups -OCH3 is 2. The van der Waals surface area contributed by atoms with Crippen molar-refractivity contribution >= 4 is 19.7 Å². The highest BCUT2D eigenvalue weighted by molar-refractivity contribution is 7.91. The summed E-state index contributed by atoms with van der Waals surface area (Å²) in [6, 6.07) is 18.9. The van der Waals surface area contributed by atoms with Crippen LogP contribution in [0.5, 0.6) is 11.5 Å². The highest BCUT2D eigenvalue weighted by atomic mass is 32.2. The summed E-state index contributed by atoms with van der Waals surface area (Å²) < 4.78 is 63.3. The van der Waals surface area contributed by atoms with Gasteiger partial charge in [0.1, 0.15) is 11.5 Å². The van der Waals surface area contributed by atoms with Crippen molar-refractivity contribution in [2.45, 2.75) is 19.8 Å². The number of hydrogen-bond acceptors (Lipinski definition) is 8. The summed E-state index contributed by atoms with van der Waals surface area (Å²) in [4.78, 5) is 0.180. The van der Waals surface area contributed by atoms with Crippen molar-refractivity contribution < 1.29 is 26.3 Å². The number of nitrogens with zero attached hydrogens (tertiary/aromatic N) is 2. The van der Waals surface area contributed by atoms with Gasteiger partial charge >= 0.3 is 0 Å². The quantitative estimate of drug-likeness (QED) is 0.293. The summed E-state index contributed by atoms with van der Waals surface area (Å²) in [6.07, 6.45) is 2.87. The number of hydrogen-bond donors (Lipinski definition) is 2. The fraction of sp³-hybridized carbons (Fsp3) is 0.0769. The molecule has 0 saturated carbocycles. The van der Waals surface area contributed by atoms with Crippen molar-refractivity contribution in [3.05, 3.63) is 85.2 Å². The minimum atomic E-state index is -3.89. The average molecular weight is 551 g/mol. The van der Waals surface area contributed by atoms with Crippen molar-refractivity contribution in [2.75, 3.05) is 14.2 Å². The van der Waals surface area contributed by atoms with Crippen molar-refractivity contribution in [1.82, 2.24) is 20.4 Å². The number of sulfone groups is 2. The molecule has 0 aliphatic rings. The molecule has 2 aromatic heterocycles. The molecule has 0 atom stereocenters. The molecule has 0 amide bonds. The van der Waals surface area contributed by atoms with Crippen LogP contribution in [0.1, 0.15) is 0 Å². The van der Waals surface area contributed by atoms with Crippen molar-refractivity contribution in [3.8, 4) is 33.8 Å². The minimum absolute atomic E-state index is 0.0542. The summed E-state index contributed by atoms with van der Waals surface area (Å²) in [5.41, 5.74) is 1.92. The second-order valence-electron chi connectivity index (χ2n) is 8.16. The monoisotopic (exact) mass is 550 g/mol. The van der Waals surface area contributed by atoms with Crippen LogP contribution < -0.4 is 9.47 Å². The van der Waals surface area contributed by atoms with Gasteiger partial charge in [-0.25, -0.2) is 16.8 Å². The number of aromatic amines is 2. The molecule has 5 rings (SSSR count). The smallest absolute Gasteiger partial charge is 0.223 e. The van der Waals surface area contributed by atoms with Gasteiger partial charge in [0.05, 0.1) is 36.4 Å². The Labute approximate surface area is 219 Å². The Balaban J connectivity index is 1.47. The van der Waals surface area contributed by atoms with Gasteiger partial charge in [-0.2, -0.15) is 10.2 Å². The molecule has 2 N–H and O–H groups in total. The van der Waals surface area contributed by atoms with Crippen LogP contribution in [0, 0.1) is 0 Å². The maximum atomic E-state index is 13.3. The van der Waals surface area contributed by atoms with E-state index in [-0.39, 0.29) is 19.8 Å². The standard InChI is InChI=1S/C26H22N4O6S2/c1-35-19-7-11-21(12-8-19)37(31,32)25-23(15-27-29-25)17-3-5-18(6-4-17)24-16-28-30-26(24)38(33,34)22-13-9-20(36-2)10-14-22/h3-16H,1-2H3,(H,27,29)(H,28,30). The van der Waals surface area contributed by atoms with E-state index in [1.54, 1.807) is 48.5 Å². The van der Waals surface area contributed by atoms with Crippen LogP contribution in [-0.2, 0) is 19.7 Å². The molecule has 0 saturated heterocycles. The molecule has 0 aliphatic carbocycles. The molecule has 12 heteroatoms. The molecule has 3 aromatic carbocycles. The number of benzene rings is 3. The first-order valence-electron chi connectivity index (χ1n) is 11.2. The van der Waals surface area contributed by atoms with E-state index >= 15 is 0 Å². The predicted molar refractivity (Wildman–Crippen MR) is 138 cm³/mol. The molecular formula is C26H22N4O6S2. The van der Waals surface area contributed by atoms with Gasteiger partial charge in [0, 0.05) is 11.1 Å². The van der Waals surface area contributed by atoms with Crippen molar-refractivity contribution in [3.63, 3.8) is 0 Å². The fourth-order valence-corrected chi connectivity index (χ4v) is 6.67. The lowest BCUT2D eigenvalue weighted by molar-refractivity contribution is 0.414. The van der Waals surface area contributed by atoms with Crippen LogP contribution in [0.3, 0.4) is 0 Å². The largest absolute Gasteiger partial charge is 0.497 e. The molecule has 0 radical (unpaired) electrons. The van der Waals surface area contributed by atoms with Crippen LogP contribution in [0.15, 0.2) is 105 Å². The average Bonchev–Trinajstić information content (AvgIpc) is 3.64. The van der Waals surface area contributed by atoms with E-state index in [2.05, 4.69) is 20.4 Å². The van der Waals surface area contributed by atoms with Crippen LogP contribution in [0.25, 0.3) is 22.3 Å². The lowest BCUT2D eigenvalue weighted by Crippen LogP contribution is -2.04. The Morgan fingerprint density at radius 1 is 0.553 bits per heavy atom. The van der Waals surface area contributed by atoms with Crippen LogP contribution in [0.2, 0.25) is 0 Å². The topological polar surface area (TPSA) is 144 Å². The van der Waals surface area contributed by atoms with E-state index in [4.69, 9.17) is 9.47 Å². The highest BCUT2D eigenvalue weighted by Crippen LogP contribution is 2.34. The van der Waals surface area contributed by atoms with E-state index in [0.29, 0.717) is 33.8 Å². The number of ether oxygens (including phenoxy) is 2. The van der Waals surface area contributed by atoms with Crippen LogP contribution in [-0.4, -0.2) is 51.4 Å². The molecule has 5 aromatic rings. The maximum Gasteiger partial charge on any atom is 0.223 e. The first-order chi connectivity index (χ1) is 18.3. The summed E-state index contributed by atoms with van der Waals surface area (Å²) in [7, 11) is -4.78. The van der Waals surface area contributed by atoms with Crippen molar-refractivity contribution in [2.24, 2.45) is 0 Å². The first kappa shape index (κ1) is 25.2. The van der Waals surface area contributed by atoms with Crippen LogP contribution in [0.4, 0.5) is 0 Å². The summed E-state index contributed by atoms with van der Waals surface area (Å²) in [6.45, 7) is 0. The zero-order chi connectivity index (χ0) is 26.9. The van der Waals surface area contributed by atoms with E-state index < -0.39 is 19.7 Å². The lowest BCUT2D eigenvalue weighted by atomic mass is 10.0. The zero-order valence-corrected chi connectivity index (χ0v) is 21.9. The van der Waals surface area contributed by atoms with E-state index in [9.17, 15) is 16.8 Å². The Morgan fingerprint density at radius 3 is 1.21 bits per heavy atom. The van der Waals surface area contributed by atoms with Gasteiger partial charge in [0.25, 0.3) is 0 Å². The Hall–Kier alpha value is -4.42. The third-order valence-corrected chi connectivity index (χ3v) is 9.48. The first-order valence-corrected chi connectivity index (χ1v) is 14.2. The van der Waals surface area contributed by atoms with Crippen molar-refractivity contribution in [1.29, 1.82) is 0 Å². The Morgan fingerprint density at radius 2 is 0.895 bits per heavy atom. The van der Waals surface area contributed by atoms with E-state index in [0.717, 1.165) is 0 Å². The molecule has 10 nitrogen and oxygen atoms in total. The van der Waals surface area contributed by atoms with E-state index in [1.807, 2.05) is 0 Å². The predicted octanol–water partition coefficient (Wildman–Crippen LogP) is 4.15. The summed E-state index contributed by atoms with van der Waals surface area (Å²) in [5.74, 6) is 1.08. The maximum absolute atomic E-state index is 13.3. The van der Waals surface area contributed by atoms with Gasteiger partial charge in [-0.1, -0.05) is 24.3 Å². The molecule has 0 bridgehead atoms. The van der Waals surface area contributed by atoms with Gasteiger partial charge in [-0.05, 0) is 59.7 Å². The molecule has 0 aliphatic heterocycles. The molecular weight excluding hydrogens is 528 g/mol. The third kappa shape index (κ3) is 4.44. The number of nitrogens with one attached hydrogen (secondary N) is 2. The number of H-pyrrole nitrogens is 2. The van der Waals surface area contributed by atoms with Crippen LogP contribution >= 0.6 is 0 Å². The molecule has 2 heterocycles. The molecule has 0 unspecified atom stereocenters. The fourth-order valence-electron chi connectivity index (χ4n) is 3.94. The SMILES string of the molecule is COc1ccc(S(=O)(=O)c2[nH]ncc2-c2ccc(-c3cn[nH]c3S(=O)(=O)c3ccc(OC)cc3)cc2)cc1. The second-order valence-corrected chi connectivity index (χ2v) is 11.9. The van der Waals surface area contributed by atoms with Gasteiger partial charge in [-0.3, -0.25) is 10.2 Å². The number of rotatable bonds is 8.